The van der Waals surface area contributed by atoms with Crippen molar-refractivity contribution in [1.29, 1.82) is 0 Å². The molecule has 0 saturated carbocycles. The van der Waals surface area contributed by atoms with Gasteiger partial charge in [0.15, 0.2) is 11.7 Å². The summed E-state index contributed by atoms with van der Waals surface area (Å²) in [7, 11) is 0. The summed E-state index contributed by atoms with van der Waals surface area (Å²) >= 11 is 0. The van der Waals surface area contributed by atoms with E-state index in [1.54, 1.807) is 0 Å². The molecule has 12 nitrogen and oxygen atoms in total. The second-order valence-electron chi connectivity index (χ2n) is 3.93. The third kappa shape index (κ3) is 13.9. The van der Waals surface area contributed by atoms with E-state index in [4.69, 9.17) is 35.7 Å². The van der Waals surface area contributed by atoms with Crippen molar-refractivity contribution in [3.05, 3.63) is 0 Å². The van der Waals surface area contributed by atoms with E-state index < -0.39 is 60.8 Å². The Balaban J connectivity index is -0.0000001000. The van der Waals surface area contributed by atoms with Crippen molar-refractivity contribution in [3.63, 3.8) is 0 Å². The Morgan fingerprint density at radius 1 is 0.826 bits per heavy atom. The fraction of sp³-hybridized carbons (Fsp3) is 0.500. The molecule has 23 heavy (non-hydrogen) atoms. The topological polar surface area (TPSA) is 227 Å². The van der Waals surface area contributed by atoms with Crippen LogP contribution in [0, 0.1) is 0 Å². The first-order valence-corrected chi connectivity index (χ1v) is 5.34. The van der Waals surface area contributed by atoms with Crippen molar-refractivity contribution in [1.82, 2.24) is 0 Å². The Morgan fingerprint density at radius 2 is 1.17 bits per heavy atom. The zero-order chi connectivity index (χ0) is 18.1. The van der Waals surface area contributed by atoms with E-state index in [1.165, 1.54) is 0 Å². The second-order valence-corrected chi connectivity index (χ2v) is 3.93. The Bertz CT molecular complexity index is 453. The molecule has 0 aliphatic rings. The van der Waals surface area contributed by atoms with Crippen LogP contribution >= 0.6 is 0 Å². The van der Waals surface area contributed by atoms with Gasteiger partial charge >= 0.3 is 67.6 Å². The van der Waals surface area contributed by atoms with Crippen LogP contribution in [-0.4, -0.2) is 115 Å². The summed E-state index contributed by atoms with van der Waals surface area (Å²) in [5, 5.41) is 58.0. The fourth-order valence-electron chi connectivity index (χ4n) is 0.967. The van der Waals surface area contributed by atoms with E-state index in [9.17, 15) is 24.0 Å². The zero-order valence-electron chi connectivity index (χ0n) is 13.6. The quantitative estimate of drug-likeness (QED) is 0.221. The molecule has 0 amide bonds. The maximum absolute atomic E-state index is 10.3. The number of aliphatic hydroxyl groups is 2. The van der Waals surface area contributed by atoms with Gasteiger partial charge in [0, 0.05) is 0 Å². The van der Waals surface area contributed by atoms with E-state index in [1.807, 2.05) is 0 Å². The predicted molar refractivity (Wildman–Crippen MR) is 71.0 cm³/mol. The summed E-state index contributed by atoms with van der Waals surface area (Å²) in [5.41, 5.74) is -2.74. The molecule has 1 atom stereocenters. The van der Waals surface area contributed by atoms with Crippen molar-refractivity contribution >= 4 is 67.6 Å². The van der Waals surface area contributed by atoms with Gasteiger partial charge in [0.1, 0.15) is 0 Å². The first-order valence-electron chi connectivity index (χ1n) is 5.34. The first-order chi connectivity index (χ1) is 9.81. The Morgan fingerprint density at radius 3 is 1.30 bits per heavy atom. The molecule has 7 N–H and O–H groups in total. The third-order valence-corrected chi connectivity index (χ3v) is 1.94. The van der Waals surface area contributed by atoms with Crippen molar-refractivity contribution in [3.8, 4) is 0 Å². The van der Waals surface area contributed by atoms with Crippen molar-refractivity contribution in [2.24, 2.45) is 0 Å². The number of aliphatic hydroxyl groups excluding tert-OH is 1. The van der Waals surface area contributed by atoms with Crippen LogP contribution in [0.25, 0.3) is 0 Å². The summed E-state index contributed by atoms with van der Waals surface area (Å²) < 4.78 is 0. The Kier molecular flexibility index (Phi) is 13.8. The zero-order valence-corrected chi connectivity index (χ0v) is 13.8. The normalized spacial score (nSPS) is 11.0. The van der Waals surface area contributed by atoms with Crippen molar-refractivity contribution in [2.45, 2.75) is 31.0 Å². The van der Waals surface area contributed by atoms with Gasteiger partial charge in [0.2, 0.25) is 0 Å². The maximum Gasteiger partial charge on any atom is 2.00 e. The Labute approximate surface area is 160 Å². The molecule has 0 fully saturated rings. The van der Waals surface area contributed by atoms with E-state index in [0.29, 0.717) is 0 Å². The third-order valence-electron chi connectivity index (χ3n) is 1.94. The monoisotopic (exact) mass is 368 g/mol. The predicted octanol–water partition coefficient (Wildman–Crippen LogP) is -2.50. The summed E-state index contributed by atoms with van der Waals surface area (Å²) in [6.07, 6.45) is -4.83. The van der Waals surface area contributed by atoms with Gasteiger partial charge in [-0.2, -0.15) is 0 Å². The molecule has 0 bridgehead atoms. The van der Waals surface area contributed by atoms with Gasteiger partial charge in [-0.25, -0.2) is 9.59 Å². The summed E-state index contributed by atoms with van der Waals surface area (Å²) in [5.74, 6) is -7.86. The van der Waals surface area contributed by atoms with Crippen molar-refractivity contribution in [2.75, 3.05) is 0 Å². The molecule has 13 heteroatoms. The minimum Gasteiger partial charge on any atom is -1.00 e. The molecule has 0 aliphatic heterocycles. The van der Waals surface area contributed by atoms with Crippen LogP contribution in [0.15, 0.2) is 0 Å². The van der Waals surface area contributed by atoms with Gasteiger partial charge in [0.25, 0.3) is 0 Å². The average molecular weight is 368 g/mol. The smallest absolute Gasteiger partial charge is 1.00 e. The number of carboxylic acids is 5. The van der Waals surface area contributed by atoms with Crippen LogP contribution in [-0.2, 0) is 24.0 Å². The maximum atomic E-state index is 10.3. The van der Waals surface area contributed by atoms with Gasteiger partial charge in [-0.3, -0.25) is 14.4 Å². The van der Waals surface area contributed by atoms with Gasteiger partial charge in [-0.05, 0) is 0 Å². The molecule has 0 radical (unpaired) electrons. The molecule has 0 saturated heterocycles. The van der Waals surface area contributed by atoms with Crippen LogP contribution in [0.1, 0.15) is 22.1 Å². The van der Waals surface area contributed by atoms with Crippen LogP contribution < -0.4 is 0 Å². The average Bonchev–Trinajstić information content (AvgIpc) is 2.25. The number of hydrogen-bond donors (Lipinski definition) is 7. The van der Waals surface area contributed by atoms with Gasteiger partial charge < -0.3 is 38.6 Å². The second kappa shape index (κ2) is 12.0. The molecule has 1 unspecified atom stereocenters. The van der Waals surface area contributed by atoms with Crippen LogP contribution in [0.3, 0.4) is 0 Å². The molecule has 0 spiro atoms. The van der Waals surface area contributed by atoms with E-state index >= 15 is 0 Å². The molecular weight excluding hydrogens is 352 g/mol. The van der Waals surface area contributed by atoms with Gasteiger partial charge in [0.05, 0.1) is 19.3 Å². The summed E-state index contributed by atoms with van der Waals surface area (Å²) in [4.78, 5) is 49.9. The number of rotatable bonds is 8. The first kappa shape index (κ1) is 26.4. The van der Waals surface area contributed by atoms with Crippen LogP contribution in [0.5, 0.6) is 0 Å². The van der Waals surface area contributed by atoms with E-state index in [2.05, 4.69) is 0 Å². The van der Waals surface area contributed by atoms with Crippen LogP contribution in [0.2, 0.25) is 0 Å². The number of carboxylic acid groups (broad SMARTS) is 5. The SMILES string of the molecule is O=C(O)CC(O)(CC(=O)O)C(=O)O.O=C(O)CC(O)C(=O)O.[Ca+2].[H-].[H-]. The number of aliphatic carboxylic acids is 5. The minimum atomic E-state index is -2.74. The minimum absolute atomic E-state index is 0. The molecular formula is C10H16CaO12. The molecule has 0 heterocycles. The van der Waals surface area contributed by atoms with Gasteiger partial charge in [-0.1, -0.05) is 0 Å². The van der Waals surface area contributed by atoms with E-state index in [0.717, 1.165) is 0 Å². The summed E-state index contributed by atoms with van der Waals surface area (Å²) in [6, 6.07) is 0. The standard InChI is InChI=1S/C6H8O7.C4H6O5.Ca.2H/c7-3(8)1-6(13,5(11)12)2-4(9)10;5-2(4(8)9)1-3(6)7;;;/h13H,1-2H2,(H,7,8)(H,9,10)(H,11,12);2,5H,1H2,(H,6,7)(H,8,9);;;/q;;+2;2*-1. The molecule has 0 rings (SSSR count). The van der Waals surface area contributed by atoms with Gasteiger partial charge in [-0.15, -0.1) is 0 Å². The number of hydrogen-bond acceptors (Lipinski definition) is 7. The molecule has 0 aromatic heterocycles. The summed E-state index contributed by atoms with van der Waals surface area (Å²) in [6.45, 7) is 0. The molecule has 0 aliphatic carbocycles. The molecule has 0 aromatic rings. The Hall–Kier alpha value is -1.47. The van der Waals surface area contributed by atoms with Crippen molar-refractivity contribution < 1.29 is 62.6 Å². The van der Waals surface area contributed by atoms with Crippen LogP contribution in [0.4, 0.5) is 0 Å². The number of carbonyl (C=O) groups is 5. The molecule has 130 valence electrons. The molecule has 0 aromatic carbocycles. The van der Waals surface area contributed by atoms with E-state index in [-0.39, 0.29) is 40.6 Å². The largest absolute Gasteiger partial charge is 2.00 e. The fourth-order valence-corrected chi connectivity index (χ4v) is 0.967.